The van der Waals surface area contributed by atoms with Crippen molar-refractivity contribution in [3.05, 3.63) is 11.6 Å². The van der Waals surface area contributed by atoms with Gasteiger partial charge in [0.25, 0.3) is 0 Å². The maximum atomic E-state index is 5.50. The summed E-state index contributed by atoms with van der Waals surface area (Å²) in [6, 6.07) is 0.754. The second-order valence-corrected chi connectivity index (χ2v) is 7.85. The third kappa shape index (κ3) is 5.42. The van der Waals surface area contributed by atoms with Crippen molar-refractivity contribution in [1.82, 2.24) is 30.3 Å². The van der Waals surface area contributed by atoms with Gasteiger partial charge in [-0.05, 0) is 12.3 Å². The van der Waals surface area contributed by atoms with Crippen LogP contribution in [0.2, 0.25) is 0 Å². The van der Waals surface area contributed by atoms with Gasteiger partial charge in [0.05, 0.1) is 19.8 Å². The highest BCUT2D eigenvalue weighted by Crippen LogP contribution is 2.14. The summed E-state index contributed by atoms with van der Waals surface area (Å²) in [7, 11) is 3.50. The van der Waals surface area contributed by atoms with Crippen LogP contribution in [0.5, 0.6) is 0 Å². The summed E-state index contributed by atoms with van der Waals surface area (Å²) in [5.74, 6) is 3.21. The number of morpholine rings is 1. The molecular weight excluding hydrogens is 358 g/mol. The molecule has 3 rings (SSSR count). The smallest absolute Gasteiger partial charge is 0.191 e. The predicted molar refractivity (Wildman–Crippen MR) is 108 cm³/mol. The molecule has 158 valence electrons. The zero-order valence-electron chi connectivity index (χ0n) is 17.6. The lowest BCUT2D eigenvalue weighted by Gasteiger charge is -2.37. The number of aryl methyl sites for hydroxylation is 1. The minimum Gasteiger partial charge on any atom is -0.379 e. The Kier molecular flexibility index (Phi) is 7.64. The number of aliphatic imine (C=N–C) groups is 1. The van der Waals surface area contributed by atoms with Crippen molar-refractivity contribution >= 4 is 5.96 Å². The number of ether oxygens (including phenoxy) is 2. The Balaban J connectivity index is 1.52. The van der Waals surface area contributed by atoms with Crippen molar-refractivity contribution in [3.63, 3.8) is 0 Å². The highest BCUT2D eigenvalue weighted by molar-refractivity contribution is 5.80. The van der Waals surface area contributed by atoms with Gasteiger partial charge in [-0.2, -0.15) is 5.10 Å². The van der Waals surface area contributed by atoms with Crippen LogP contribution in [0.25, 0.3) is 0 Å². The Morgan fingerprint density at radius 3 is 2.82 bits per heavy atom. The zero-order chi connectivity index (χ0) is 19.9. The highest BCUT2D eigenvalue weighted by Gasteiger charge is 2.25. The molecule has 0 aliphatic carbocycles. The molecule has 28 heavy (non-hydrogen) atoms. The fourth-order valence-corrected chi connectivity index (χ4v) is 3.95. The van der Waals surface area contributed by atoms with E-state index in [-0.39, 0.29) is 6.04 Å². The van der Waals surface area contributed by atoms with Crippen molar-refractivity contribution in [1.29, 1.82) is 0 Å². The van der Waals surface area contributed by atoms with Gasteiger partial charge in [-0.1, -0.05) is 13.8 Å². The standard InChI is InChI=1S/C19H35N7O2/c1-14(2)16(25-7-9-28-10-8-25)11-21-19(20-3)22-15-5-6-18-23-17(13-27-4)24-26(18)12-15/h14-16H,5-13H2,1-4H3,(H2,20,21,22). The number of guanidine groups is 1. The molecule has 2 aliphatic heterocycles. The maximum absolute atomic E-state index is 5.50. The quantitative estimate of drug-likeness (QED) is 0.507. The molecule has 2 atom stereocenters. The number of nitrogens with zero attached hydrogens (tertiary/aromatic N) is 5. The second-order valence-electron chi connectivity index (χ2n) is 7.85. The predicted octanol–water partition coefficient (Wildman–Crippen LogP) is 0.261. The average Bonchev–Trinajstić information content (AvgIpc) is 3.09. The molecule has 0 bridgehead atoms. The van der Waals surface area contributed by atoms with E-state index < -0.39 is 0 Å². The van der Waals surface area contributed by atoms with Gasteiger partial charge in [-0.3, -0.25) is 9.89 Å². The molecule has 0 spiro atoms. The number of aromatic nitrogens is 3. The van der Waals surface area contributed by atoms with Crippen molar-refractivity contribution in [3.8, 4) is 0 Å². The number of nitrogens with one attached hydrogen (secondary N) is 2. The molecule has 1 saturated heterocycles. The summed E-state index contributed by atoms with van der Waals surface area (Å²) < 4.78 is 12.6. The summed E-state index contributed by atoms with van der Waals surface area (Å²) in [5, 5.41) is 11.6. The van der Waals surface area contributed by atoms with Gasteiger partial charge in [-0.15, -0.1) is 0 Å². The van der Waals surface area contributed by atoms with Crippen molar-refractivity contribution in [2.45, 2.75) is 51.9 Å². The van der Waals surface area contributed by atoms with Crippen LogP contribution < -0.4 is 10.6 Å². The topological polar surface area (TPSA) is 88.8 Å². The van der Waals surface area contributed by atoms with Gasteiger partial charge in [0.15, 0.2) is 11.8 Å². The van der Waals surface area contributed by atoms with E-state index in [9.17, 15) is 0 Å². The first-order valence-corrected chi connectivity index (χ1v) is 10.3. The van der Waals surface area contributed by atoms with Crippen LogP contribution in [0.1, 0.15) is 31.9 Å². The van der Waals surface area contributed by atoms with Gasteiger partial charge in [0, 0.05) is 52.3 Å². The van der Waals surface area contributed by atoms with Gasteiger partial charge >= 0.3 is 0 Å². The normalized spacial score (nSPS) is 22.2. The van der Waals surface area contributed by atoms with E-state index in [1.54, 1.807) is 7.11 Å². The average molecular weight is 394 g/mol. The fraction of sp³-hybridized carbons (Fsp3) is 0.842. The van der Waals surface area contributed by atoms with E-state index in [4.69, 9.17) is 9.47 Å². The van der Waals surface area contributed by atoms with Crippen LogP contribution >= 0.6 is 0 Å². The van der Waals surface area contributed by atoms with E-state index in [0.717, 1.165) is 69.8 Å². The van der Waals surface area contributed by atoms with Crippen LogP contribution in [-0.4, -0.2) is 84.7 Å². The first-order chi connectivity index (χ1) is 13.6. The molecule has 9 nitrogen and oxygen atoms in total. The molecule has 1 aromatic heterocycles. The summed E-state index contributed by atoms with van der Waals surface area (Å²) in [6.07, 6.45) is 1.93. The fourth-order valence-electron chi connectivity index (χ4n) is 3.95. The van der Waals surface area contributed by atoms with Gasteiger partial charge in [-0.25, -0.2) is 9.67 Å². The van der Waals surface area contributed by atoms with E-state index in [2.05, 4.69) is 44.5 Å². The lowest BCUT2D eigenvalue weighted by Crippen LogP contribution is -2.54. The first-order valence-electron chi connectivity index (χ1n) is 10.3. The number of hydrogen-bond acceptors (Lipinski definition) is 6. The Morgan fingerprint density at radius 1 is 1.36 bits per heavy atom. The van der Waals surface area contributed by atoms with Crippen molar-refractivity contribution in [2.75, 3.05) is 47.0 Å². The third-order valence-corrected chi connectivity index (χ3v) is 5.50. The Bertz CT molecular complexity index is 640. The maximum Gasteiger partial charge on any atom is 0.191 e. The largest absolute Gasteiger partial charge is 0.379 e. The Labute approximate surface area is 167 Å². The van der Waals surface area contributed by atoms with Gasteiger partial charge in [0.1, 0.15) is 12.4 Å². The number of methoxy groups -OCH3 is 1. The summed E-state index contributed by atoms with van der Waals surface area (Å²) in [5.41, 5.74) is 0. The summed E-state index contributed by atoms with van der Waals surface area (Å²) in [4.78, 5) is 11.5. The van der Waals surface area contributed by atoms with Gasteiger partial charge in [0.2, 0.25) is 0 Å². The molecule has 1 aromatic rings. The van der Waals surface area contributed by atoms with Crippen LogP contribution in [0, 0.1) is 5.92 Å². The van der Waals surface area contributed by atoms with E-state index in [1.807, 2.05) is 11.7 Å². The van der Waals surface area contributed by atoms with E-state index in [0.29, 0.717) is 18.6 Å². The highest BCUT2D eigenvalue weighted by atomic mass is 16.5. The van der Waals surface area contributed by atoms with Crippen LogP contribution in [-0.2, 0) is 29.0 Å². The number of hydrogen-bond donors (Lipinski definition) is 2. The van der Waals surface area contributed by atoms with Crippen molar-refractivity contribution < 1.29 is 9.47 Å². The van der Waals surface area contributed by atoms with Gasteiger partial charge < -0.3 is 20.1 Å². The van der Waals surface area contributed by atoms with Crippen LogP contribution in [0.15, 0.2) is 4.99 Å². The molecule has 0 aromatic carbocycles. The number of fused-ring (bicyclic) bond motifs is 1. The first kappa shape index (κ1) is 21.0. The third-order valence-electron chi connectivity index (χ3n) is 5.50. The monoisotopic (exact) mass is 393 g/mol. The molecule has 0 saturated carbocycles. The zero-order valence-corrected chi connectivity index (χ0v) is 17.6. The molecule has 2 unspecified atom stereocenters. The Morgan fingerprint density at radius 2 is 2.14 bits per heavy atom. The summed E-state index contributed by atoms with van der Waals surface area (Å²) >= 11 is 0. The van der Waals surface area contributed by atoms with E-state index >= 15 is 0 Å². The minimum atomic E-state index is 0.289. The molecule has 3 heterocycles. The Hall–Kier alpha value is -1.71. The van der Waals surface area contributed by atoms with Crippen LogP contribution in [0.3, 0.4) is 0 Å². The minimum absolute atomic E-state index is 0.289. The number of rotatable bonds is 7. The van der Waals surface area contributed by atoms with Crippen LogP contribution in [0.4, 0.5) is 0 Å². The second kappa shape index (κ2) is 10.2. The lowest BCUT2D eigenvalue weighted by molar-refractivity contribution is 0.00751. The molecule has 1 fully saturated rings. The summed E-state index contributed by atoms with van der Waals surface area (Å²) in [6.45, 7) is 10.3. The SMILES string of the molecule is CN=C(NCC(C(C)C)N1CCOCC1)NC1CCc2nc(COC)nn2C1. The molecule has 2 N–H and O–H groups in total. The molecular formula is C19H35N7O2. The molecule has 9 heteroatoms. The lowest BCUT2D eigenvalue weighted by atomic mass is 10.0. The molecule has 0 amide bonds. The molecule has 0 radical (unpaired) electrons. The van der Waals surface area contributed by atoms with E-state index in [1.165, 1.54) is 0 Å². The molecule has 2 aliphatic rings. The van der Waals surface area contributed by atoms with Crippen molar-refractivity contribution in [2.24, 2.45) is 10.9 Å².